The molecule has 25 heavy (non-hydrogen) atoms. The van der Waals surface area contributed by atoms with Gasteiger partial charge in [0.05, 0.1) is 30.0 Å². The topological polar surface area (TPSA) is 52.8 Å². The van der Waals surface area contributed by atoms with Gasteiger partial charge in [0.2, 0.25) is 0 Å². The van der Waals surface area contributed by atoms with Crippen molar-refractivity contribution < 1.29 is 18.7 Å². The van der Waals surface area contributed by atoms with E-state index in [1.54, 1.807) is 20.3 Å². The number of hydrogen-bond acceptors (Lipinski definition) is 4. The Bertz CT molecular complexity index is 1010. The van der Waals surface area contributed by atoms with E-state index in [-0.39, 0.29) is 5.56 Å². The first-order chi connectivity index (χ1) is 12.1. The van der Waals surface area contributed by atoms with Crippen molar-refractivity contribution in [3.05, 3.63) is 52.6 Å². The number of rotatable bonds is 4. The number of amides is 1. The lowest BCUT2D eigenvalue weighted by Crippen LogP contribution is -2.16. The van der Waals surface area contributed by atoms with Gasteiger partial charge in [-0.2, -0.15) is 4.99 Å². The average molecular weight is 360 g/mol. The Morgan fingerprint density at radius 3 is 2.52 bits per heavy atom. The molecule has 5 nitrogen and oxygen atoms in total. The van der Waals surface area contributed by atoms with Crippen LogP contribution in [-0.4, -0.2) is 24.7 Å². The van der Waals surface area contributed by atoms with Gasteiger partial charge in [-0.25, -0.2) is 4.39 Å². The Kier molecular flexibility index (Phi) is 4.85. The third-order valence-electron chi connectivity index (χ3n) is 3.81. The molecule has 3 rings (SSSR count). The minimum absolute atomic E-state index is 0.0437. The molecule has 0 bridgehead atoms. The molecule has 1 aromatic heterocycles. The number of aromatic nitrogens is 1. The molecular weight excluding hydrogens is 343 g/mol. The van der Waals surface area contributed by atoms with Gasteiger partial charge in [0.1, 0.15) is 5.82 Å². The minimum atomic E-state index is -0.606. The van der Waals surface area contributed by atoms with Crippen LogP contribution in [0.2, 0.25) is 0 Å². The molecule has 0 fully saturated rings. The number of benzene rings is 2. The van der Waals surface area contributed by atoms with Gasteiger partial charge >= 0.3 is 0 Å². The van der Waals surface area contributed by atoms with Crippen LogP contribution in [0.4, 0.5) is 4.39 Å². The maximum Gasteiger partial charge on any atom is 0.282 e. The third kappa shape index (κ3) is 3.15. The van der Waals surface area contributed by atoms with Crippen molar-refractivity contribution in [2.24, 2.45) is 4.99 Å². The summed E-state index contributed by atoms with van der Waals surface area (Å²) in [6.07, 6.45) is 0. The number of hydrogen-bond donors (Lipinski definition) is 0. The molecule has 0 aliphatic rings. The van der Waals surface area contributed by atoms with Crippen LogP contribution < -0.4 is 14.3 Å². The van der Waals surface area contributed by atoms with E-state index in [1.165, 1.54) is 29.5 Å². The predicted octanol–water partition coefficient (Wildman–Crippen LogP) is 3.62. The number of methoxy groups -OCH3 is 2. The second kappa shape index (κ2) is 7.06. The summed E-state index contributed by atoms with van der Waals surface area (Å²) in [6, 6.07) is 9.52. The molecule has 2 aromatic carbocycles. The number of ether oxygens (including phenoxy) is 2. The Morgan fingerprint density at radius 1 is 1.20 bits per heavy atom. The number of carbonyl (C=O) groups is 1. The van der Waals surface area contributed by atoms with Crippen molar-refractivity contribution in [2.45, 2.75) is 13.5 Å². The first kappa shape index (κ1) is 17.2. The highest BCUT2D eigenvalue weighted by atomic mass is 32.1. The van der Waals surface area contributed by atoms with E-state index in [0.29, 0.717) is 22.8 Å². The van der Waals surface area contributed by atoms with Crippen molar-refractivity contribution in [1.82, 2.24) is 4.57 Å². The zero-order valence-electron chi connectivity index (χ0n) is 14.1. The largest absolute Gasteiger partial charge is 0.493 e. The molecule has 0 aliphatic carbocycles. The summed E-state index contributed by atoms with van der Waals surface area (Å²) in [5, 5.41) is 0. The molecule has 7 heteroatoms. The normalized spacial score (nSPS) is 11.8. The summed E-state index contributed by atoms with van der Waals surface area (Å²) in [5.41, 5.74) is 0.836. The number of fused-ring (bicyclic) bond motifs is 1. The molecule has 1 amide bonds. The molecule has 0 saturated carbocycles. The highest BCUT2D eigenvalue weighted by Gasteiger charge is 2.14. The van der Waals surface area contributed by atoms with E-state index in [4.69, 9.17) is 9.47 Å². The lowest BCUT2D eigenvalue weighted by Gasteiger charge is -2.08. The average Bonchev–Trinajstić information content (AvgIpc) is 2.96. The fourth-order valence-corrected chi connectivity index (χ4v) is 3.67. The van der Waals surface area contributed by atoms with Crippen LogP contribution in [-0.2, 0) is 6.54 Å². The third-order valence-corrected chi connectivity index (χ3v) is 4.85. The van der Waals surface area contributed by atoms with Crippen molar-refractivity contribution in [1.29, 1.82) is 0 Å². The monoisotopic (exact) mass is 360 g/mol. The van der Waals surface area contributed by atoms with E-state index in [1.807, 2.05) is 23.6 Å². The Balaban J connectivity index is 2.19. The number of carbonyl (C=O) groups excluding carboxylic acids is 1. The van der Waals surface area contributed by atoms with Crippen LogP contribution in [0.25, 0.3) is 10.2 Å². The van der Waals surface area contributed by atoms with Crippen molar-refractivity contribution in [2.75, 3.05) is 14.2 Å². The number of aryl methyl sites for hydroxylation is 1. The number of thiazole rings is 1. The standard InChI is InChI=1S/C18H17FN2O3S/c1-4-21-13-9-14(23-2)15(24-3)10-16(13)25-18(21)20-17(22)11-7-5-6-8-12(11)19/h5-10H,4H2,1-3H3. The van der Waals surface area contributed by atoms with Crippen LogP contribution >= 0.6 is 11.3 Å². The number of nitrogens with zero attached hydrogens (tertiary/aromatic N) is 2. The SMILES string of the molecule is CCn1c(=NC(=O)c2ccccc2F)sc2cc(OC)c(OC)cc21. The molecule has 0 aliphatic heterocycles. The predicted molar refractivity (Wildman–Crippen MR) is 94.9 cm³/mol. The second-order valence-corrected chi connectivity index (χ2v) is 6.21. The smallest absolute Gasteiger partial charge is 0.282 e. The van der Waals surface area contributed by atoms with Gasteiger partial charge in [-0.05, 0) is 19.1 Å². The minimum Gasteiger partial charge on any atom is -0.493 e. The van der Waals surface area contributed by atoms with Crippen LogP contribution in [0.3, 0.4) is 0 Å². The first-order valence-corrected chi connectivity index (χ1v) is 8.49. The van der Waals surface area contributed by atoms with E-state index in [0.717, 1.165) is 10.2 Å². The molecular formula is C18H17FN2O3S. The van der Waals surface area contributed by atoms with Gasteiger partial charge in [-0.1, -0.05) is 23.5 Å². The molecule has 0 radical (unpaired) electrons. The fourth-order valence-electron chi connectivity index (χ4n) is 2.57. The first-order valence-electron chi connectivity index (χ1n) is 7.68. The van der Waals surface area contributed by atoms with Crippen LogP contribution in [0.5, 0.6) is 11.5 Å². The molecule has 0 unspecified atom stereocenters. The lowest BCUT2D eigenvalue weighted by atomic mass is 10.2. The highest BCUT2D eigenvalue weighted by Crippen LogP contribution is 2.33. The molecule has 0 saturated heterocycles. The zero-order chi connectivity index (χ0) is 18.0. The molecule has 130 valence electrons. The summed E-state index contributed by atoms with van der Waals surface area (Å²) in [4.78, 5) is 17.0. The molecule has 1 heterocycles. The molecule has 3 aromatic rings. The summed E-state index contributed by atoms with van der Waals surface area (Å²) < 4.78 is 27.3. The maximum absolute atomic E-state index is 13.8. The van der Waals surface area contributed by atoms with Gasteiger partial charge in [0.15, 0.2) is 16.3 Å². The maximum atomic E-state index is 13.8. The fraction of sp³-hybridized carbons (Fsp3) is 0.222. The van der Waals surface area contributed by atoms with Crippen molar-refractivity contribution in [3.8, 4) is 11.5 Å². The Morgan fingerprint density at radius 2 is 1.88 bits per heavy atom. The zero-order valence-corrected chi connectivity index (χ0v) is 14.9. The summed E-state index contributed by atoms with van der Waals surface area (Å²) >= 11 is 1.34. The molecule has 0 atom stereocenters. The van der Waals surface area contributed by atoms with Crippen molar-refractivity contribution >= 4 is 27.5 Å². The van der Waals surface area contributed by atoms with Crippen molar-refractivity contribution in [3.63, 3.8) is 0 Å². The van der Waals surface area contributed by atoms with Gasteiger partial charge < -0.3 is 14.0 Å². The quantitative estimate of drug-likeness (QED) is 0.714. The van der Waals surface area contributed by atoms with E-state index < -0.39 is 11.7 Å². The lowest BCUT2D eigenvalue weighted by molar-refractivity contribution is 0.0994. The van der Waals surface area contributed by atoms with Crippen LogP contribution in [0, 0.1) is 5.82 Å². The van der Waals surface area contributed by atoms with Gasteiger partial charge in [0.25, 0.3) is 5.91 Å². The van der Waals surface area contributed by atoms with E-state index in [9.17, 15) is 9.18 Å². The van der Waals surface area contributed by atoms with E-state index in [2.05, 4.69) is 4.99 Å². The van der Waals surface area contributed by atoms with Crippen LogP contribution in [0.1, 0.15) is 17.3 Å². The Labute approximate surface area is 148 Å². The van der Waals surface area contributed by atoms with E-state index >= 15 is 0 Å². The second-order valence-electron chi connectivity index (χ2n) is 5.20. The summed E-state index contributed by atoms with van der Waals surface area (Å²) in [7, 11) is 3.14. The number of halogens is 1. The van der Waals surface area contributed by atoms with Crippen LogP contribution in [0.15, 0.2) is 41.4 Å². The van der Waals surface area contributed by atoms with Gasteiger partial charge in [-0.3, -0.25) is 4.79 Å². The van der Waals surface area contributed by atoms with Gasteiger partial charge in [-0.15, -0.1) is 0 Å². The van der Waals surface area contributed by atoms with Gasteiger partial charge in [0, 0.05) is 18.7 Å². The molecule has 0 N–H and O–H groups in total. The summed E-state index contributed by atoms with van der Waals surface area (Å²) in [6.45, 7) is 2.56. The Hall–Kier alpha value is -2.67. The summed E-state index contributed by atoms with van der Waals surface area (Å²) in [5.74, 6) is 0.0167. The molecule has 0 spiro atoms. The highest BCUT2D eigenvalue weighted by molar-refractivity contribution is 7.16.